The van der Waals surface area contributed by atoms with Gasteiger partial charge in [-0.3, -0.25) is 4.90 Å². The second-order valence-corrected chi connectivity index (χ2v) is 7.98. The van der Waals surface area contributed by atoms with Crippen LogP contribution in [0.25, 0.3) is 0 Å². The Morgan fingerprint density at radius 1 is 0.735 bits per heavy atom. The maximum Gasteiger partial charge on any atom is 0.221 e. The van der Waals surface area contributed by atoms with E-state index >= 15 is 0 Å². The second-order valence-electron chi connectivity index (χ2n) is 7.98. The molecule has 0 amide bonds. The number of nitrogens with two attached hydrogens (primary N) is 2. The fourth-order valence-electron chi connectivity index (χ4n) is 4.06. The van der Waals surface area contributed by atoms with E-state index in [2.05, 4.69) is 28.2 Å². The molecule has 6 heteroatoms. The van der Waals surface area contributed by atoms with Crippen LogP contribution in [0.2, 0.25) is 0 Å². The van der Waals surface area contributed by atoms with E-state index < -0.39 is 6.17 Å². The molecule has 0 bridgehead atoms. The largest absolute Gasteiger partial charge is 0.457 e. The zero-order valence-corrected chi connectivity index (χ0v) is 18.6. The summed E-state index contributed by atoms with van der Waals surface area (Å²) in [7, 11) is 0. The molecule has 1 heterocycles. The number of ether oxygens (including phenoxy) is 1. The topological polar surface area (TPSA) is 89.2 Å². The SMILES string of the molecule is NC1=NC(c2cccc(Oc3ccccc3)c2)N(c2ccccc2Cc2ccccc2)C(N)=N1. The summed E-state index contributed by atoms with van der Waals surface area (Å²) in [6, 6.07) is 36.0. The van der Waals surface area contributed by atoms with Gasteiger partial charge in [0.1, 0.15) is 11.5 Å². The number of benzene rings is 4. The first-order valence-corrected chi connectivity index (χ1v) is 11.1. The number of hydrogen-bond acceptors (Lipinski definition) is 6. The number of guanidine groups is 2. The molecule has 0 spiro atoms. The van der Waals surface area contributed by atoms with Crippen molar-refractivity contribution in [2.45, 2.75) is 12.6 Å². The minimum absolute atomic E-state index is 0.147. The van der Waals surface area contributed by atoms with Gasteiger partial charge in [0, 0.05) is 11.3 Å². The summed E-state index contributed by atoms with van der Waals surface area (Å²) in [4.78, 5) is 10.9. The highest BCUT2D eigenvalue weighted by atomic mass is 16.5. The van der Waals surface area contributed by atoms with E-state index in [1.54, 1.807) is 0 Å². The standard InChI is InChI=1S/C28H25N5O/c29-27-31-26(22-13-9-16-24(19-22)34-23-14-5-2-6-15-23)33(28(30)32-27)25-17-8-7-12-21(25)18-20-10-3-1-4-11-20/h1-17,19,26H,18H2,(H4,29,30,31,32). The number of hydrogen-bond donors (Lipinski definition) is 2. The molecule has 5 rings (SSSR count). The number of anilines is 1. The number of para-hydroxylation sites is 2. The maximum absolute atomic E-state index is 6.44. The van der Waals surface area contributed by atoms with Crippen LogP contribution in [-0.2, 0) is 6.42 Å². The first kappa shape index (κ1) is 21.3. The highest BCUT2D eigenvalue weighted by molar-refractivity contribution is 6.05. The van der Waals surface area contributed by atoms with E-state index in [1.165, 1.54) is 5.56 Å². The van der Waals surface area contributed by atoms with Gasteiger partial charge in [0.2, 0.25) is 11.9 Å². The highest BCUT2D eigenvalue weighted by Crippen LogP contribution is 2.35. The first-order valence-electron chi connectivity index (χ1n) is 11.1. The van der Waals surface area contributed by atoms with Gasteiger partial charge in [-0.1, -0.05) is 78.9 Å². The second kappa shape index (κ2) is 9.50. The van der Waals surface area contributed by atoms with Gasteiger partial charge in [-0.2, -0.15) is 4.99 Å². The molecule has 0 fully saturated rings. The highest BCUT2D eigenvalue weighted by Gasteiger charge is 2.29. The Kier molecular flexibility index (Phi) is 5.95. The molecule has 1 aliphatic rings. The van der Waals surface area contributed by atoms with E-state index in [4.69, 9.17) is 16.2 Å². The van der Waals surface area contributed by atoms with Crippen LogP contribution in [0.3, 0.4) is 0 Å². The van der Waals surface area contributed by atoms with Crippen LogP contribution in [0.5, 0.6) is 11.5 Å². The van der Waals surface area contributed by atoms with Crippen molar-refractivity contribution in [1.82, 2.24) is 0 Å². The summed E-state index contributed by atoms with van der Waals surface area (Å²) < 4.78 is 6.05. The molecule has 0 aliphatic carbocycles. The zero-order valence-electron chi connectivity index (χ0n) is 18.6. The van der Waals surface area contributed by atoms with Crippen LogP contribution in [0, 0.1) is 0 Å². The molecule has 1 unspecified atom stereocenters. The lowest BCUT2D eigenvalue weighted by atomic mass is 10.0. The van der Waals surface area contributed by atoms with Crippen LogP contribution in [0.1, 0.15) is 22.9 Å². The Morgan fingerprint density at radius 2 is 1.41 bits per heavy atom. The van der Waals surface area contributed by atoms with Crippen molar-refractivity contribution in [1.29, 1.82) is 0 Å². The molecule has 4 aromatic carbocycles. The normalized spacial score (nSPS) is 15.4. The number of nitrogens with zero attached hydrogens (tertiary/aromatic N) is 3. The monoisotopic (exact) mass is 447 g/mol. The fourth-order valence-corrected chi connectivity index (χ4v) is 4.06. The van der Waals surface area contributed by atoms with Gasteiger partial charge in [0.25, 0.3) is 0 Å². The van der Waals surface area contributed by atoms with Gasteiger partial charge in [0.15, 0.2) is 6.17 Å². The van der Waals surface area contributed by atoms with E-state index in [9.17, 15) is 0 Å². The minimum atomic E-state index is -0.478. The Labute approximate surface area is 198 Å². The summed E-state index contributed by atoms with van der Waals surface area (Å²) >= 11 is 0. The van der Waals surface area contributed by atoms with Crippen LogP contribution < -0.4 is 21.1 Å². The number of rotatable bonds is 6. The van der Waals surface area contributed by atoms with Gasteiger partial charge in [-0.05, 0) is 47.9 Å². The molecule has 0 aromatic heterocycles. The third kappa shape index (κ3) is 4.61. The Bertz CT molecular complexity index is 1340. The molecule has 1 atom stereocenters. The lowest BCUT2D eigenvalue weighted by Gasteiger charge is -2.34. The van der Waals surface area contributed by atoms with Crippen molar-refractivity contribution in [2.24, 2.45) is 21.5 Å². The summed E-state index contributed by atoms with van der Waals surface area (Å²) in [5.41, 5.74) is 16.6. The van der Waals surface area contributed by atoms with Crippen molar-refractivity contribution < 1.29 is 4.74 Å². The fraction of sp³-hybridized carbons (Fsp3) is 0.0714. The summed E-state index contributed by atoms with van der Waals surface area (Å²) in [6.45, 7) is 0. The molecule has 168 valence electrons. The van der Waals surface area contributed by atoms with Crippen molar-refractivity contribution in [3.63, 3.8) is 0 Å². The summed E-state index contributed by atoms with van der Waals surface area (Å²) in [5.74, 6) is 1.91. The number of aliphatic imine (C=N–C) groups is 2. The molecule has 1 aliphatic heterocycles. The third-order valence-corrected chi connectivity index (χ3v) is 5.60. The van der Waals surface area contributed by atoms with E-state index in [-0.39, 0.29) is 5.96 Å². The lowest BCUT2D eigenvalue weighted by molar-refractivity contribution is 0.481. The van der Waals surface area contributed by atoms with Gasteiger partial charge in [0.05, 0.1) is 0 Å². The average molecular weight is 448 g/mol. The van der Waals surface area contributed by atoms with Gasteiger partial charge < -0.3 is 16.2 Å². The van der Waals surface area contributed by atoms with Crippen LogP contribution >= 0.6 is 0 Å². The molecule has 4 N–H and O–H groups in total. The Balaban J connectivity index is 1.52. The summed E-state index contributed by atoms with van der Waals surface area (Å²) in [6.07, 6.45) is 0.276. The molecular weight excluding hydrogens is 422 g/mol. The predicted octanol–water partition coefficient (Wildman–Crippen LogP) is 5.22. The predicted molar refractivity (Wildman–Crippen MR) is 137 cm³/mol. The molecule has 4 aromatic rings. The molecule has 0 saturated carbocycles. The van der Waals surface area contributed by atoms with Crippen molar-refractivity contribution in [3.8, 4) is 11.5 Å². The third-order valence-electron chi connectivity index (χ3n) is 5.60. The maximum atomic E-state index is 6.44. The van der Waals surface area contributed by atoms with Crippen molar-refractivity contribution in [3.05, 3.63) is 126 Å². The van der Waals surface area contributed by atoms with E-state index in [1.807, 2.05) is 95.9 Å². The van der Waals surface area contributed by atoms with Gasteiger partial charge in [-0.25, -0.2) is 4.99 Å². The molecule has 34 heavy (non-hydrogen) atoms. The molecule has 0 radical (unpaired) electrons. The average Bonchev–Trinajstić information content (AvgIpc) is 2.86. The molecular formula is C28H25N5O. The van der Waals surface area contributed by atoms with Crippen molar-refractivity contribution >= 4 is 17.6 Å². The minimum Gasteiger partial charge on any atom is -0.457 e. The van der Waals surface area contributed by atoms with Gasteiger partial charge >= 0.3 is 0 Å². The first-order chi connectivity index (χ1) is 16.7. The van der Waals surface area contributed by atoms with Crippen LogP contribution in [0.4, 0.5) is 5.69 Å². The smallest absolute Gasteiger partial charge is 0.221 e. The van der Waals surface area contributed by atoms with Crippen LogP contribution in [0.15, 0.2) is 119 Å². The van der Waals surface area contributed by atoms with Crippen LogP contribution in [-0.4, -0.2) is 11.9 Å². The molecule has 0 saturated heterocycles. The summed E-state index contributed by atoms with van der Waals surface area (Å²) in [5, 5.41) is 0. The van der Waals surface area contributed by atoms with Gasteiger partial charge in [-0.15, -0.1) is 0 Å². The quantitative estimate of drug-likeness (QED) is 0.424. The zero-order chi connectivity index (χ0) is 23.3. The van der Waals surface area contributed by atoms with Crippen molar-refractivity contribution in [2.75, 3.05) is 4.90 Å². The molecule has 6 nitrogen and oxygen atoms in total. The Hall–Kier alpha value is -4.58. The lowest BCUT2D eigenvalue weighted by Crippen LogP contribution is -2.44. The Morgan fingerprint density at radius 3 is 2.21 bits per heavy atom. The van der Waals surface area contributed by atoms with E-state index in [0.717, 1.165) is 29.0 Å². The van der Waals surface area contributed by atoms with E-state index in [0.29, 0.717) is 11.7 Å².